The molecule has 158 valence electrons. The van der Waals surface area contributed by atoms with Crippen molar-refractivity contribution in [3.8, 4) is 11.3 Å². The standard InChI is InChI=1S/C23H29N5OS/c1-3-5-15-28(16-6-4-2)23(29)25-19-12-10-18(11-13-19)20-17-30-22(26-20)27-21-9-7-8-14-24-21/h7-14,17H,3-6,15-16H2,1-2H3,(H,25,29)(H,24,26,27). The number of hydrogen-bond donors (Lipinski definition) is 2. The molecule has 0 bridgehead atoms. The van der Waals surface area contributed by atoms with Crippen molar-refractivity contribution >= 4 is 34.0 Å². The van der Waals surface area contributed by atoms with Gasteiger partial charge < -0.3 is 15.5 Å². The fourth-order valence-electron chi connectivity index (χ4n) is 2.95. The average molecular weight is 424 g/mol. The number of aromatic nitrogens is 2. The molecule has 0 aliphatic heterocycles. The Morgan fingerprint density at radius 2 is 1.77 bits per heavy atom. The van der Waals surface area contributed by atoms with Gasteiger partial charge in [-0.25, -0.2) is 14.8 Å². The van der Waals surface area contributed by atoms with E-state index in [1.807, 2.05) is 52.7 Å². The van der Waals surface area contributed by atoms with Gasteiger partial charge in [-0.3, -0.25) is 0 Å². The smallest absolute Gasteiger partial charge is 0.321 e. The van der Waals surface area contributed by atoms with Gasteiger partial charge in [0.05, 0.1) is 5.69 Å². The molecule has 2 heterocycles. The minimum atomic E-state index is -0.0276. The molecule has 7 heteroatoms. The van der Waals surface area contributed by atoms with Crippen LogP contribution in [-0.2, 0) is 0 Å². The number of hydrogen-bond acceptors (Lipinski definition) is 5. The molecular weight excluding hydrogens is 394 g/mol. The third kappa shape index (κ3) is 6.29. The van der Waals surface area contributed by atoms with E-state index in [0.29, 0.717) is 0 Å². The monoisotopic (exact) mass is 423 g/mol. The van der Waals surface area contributed by atoms with Crippen molar-refractivity contribution in [1.29, 1.82) is 0 Å². The van der Waals surface area contributed by atoms with Gasteiger partial charge in [-0.2, -0.15) is 0 Å². The van der Waals surface area contributed by atoms with Crippen LogP contribution in [0.4, 0.5) is 21.4 Å². The van der Waals surface area contributed by atoms with Crippen molar-refractivity contribution in [1.82, 2.24) is 14.9 Å². The van der Waals surface area contributed by atoms with E-state index in [1.165, 1.54) is 11.3 Å². The predicted molar refractivity (Wildman–Crippen MR) is 125 cm³/mol. The zero-order valence-corrected chi connectivity index (χ0v) is 18.4. The molecule has 0 unspecified atom stereocenters. The molecule has 0 aliphatic rings. The largest absolute Gasteiger partial charge is 0.325 e. The lowest BCUT2D eigenvalue weighted by Crippen LogP contribution is -2.36. The van der Waals surface area contributed by atoms with Crippen molar-refractivity contribution in [3.05, 3.63) is 54.0 Å². The highest BCUT2D eigenvalue weighted by atomic mass is 32.1. The Labute approximate surface area is 182 Å². The molecule has 6 nitrogen and oxygen atoms in total. The number of carbonyl (C=O) groups is 1. The molecule has 0 fully saturated rings. The van der Waals surface area contributed by atoms with E-state index in [4.69, 9.17) is 0 Å². The first-order valence-electron chi connectivity index (χ1n) is 10.5. The number of thiazole rings is 1. The SMILES string of the molecule is CCCCN(CCCC)C(=O)Nc1ccc(-c2csc(Nc3ccccn3)n2)cc1. The number of anilines is 3. The second kappa shape index (κ2) is 11.3. The van der Waals surface area contributed by atoms with Crippen LogP contribution in [-0.4, -0.2) is 34.0 Å². The fraction of sp³-hybridized carbons (Fsp3) is 0.348. The summed E-state index contributed by atoms with van der Waals surface area (Å²) in [5, 5.41) is 9.04. The molecule has 1 aromatic carbocycles. The number of urea groups is 1. The number of benzene rings is 1. The van der Waals surface area contributed by atoms with Crippen LogP contribution in [0.3, 0.4) is 0 Å². The highest BCUT2D eigenvalue weighted by Crippen LogP contribution is 2.27. The number of rotatable bonds is 10. The molecule has 0 saturated carbocycles. The number of nitrogens with one attached hydrogen (secondary N) is 2. The van der Waals surface area contributed by atoms with Crippen LogP contribution in [0.2, 0.25) is 0 Å². The maximum Gasteiger partial charge on any atom is 0.321 e. The highest BCUT2D eigenvalue weighted by Gasteiger charge is 2.13. The maximum atomic E-state index is 12.6. The van der Waals surface area contributed by atoms with Crippen LogP contribution in [0.25, 0.3) is 11.3 Å². The Kier molecular flexibility index (Phi) is 8.20. The second-order valence-electron chi connectivity index (χ2n) is 7.08. The zero-order chi connectivity index (χ0) is 21.2. The number of nitrogens with zero attached hydrogens (tertiary/aromatic N) is 3. The van der Waals surface area contributed by atoms with Crippen LogP contribution >= 0.6 is 11.3 Å². The van der Waals surface area contributed by atoms with E-state index in [2.05, 4.69) is 34.4 Å². The van der Waals surface area contributed by atoms with Gasteiger partial charge in [0.1, 0.15) is 5.82 Å². The van der Waals surface area contributed by atoms with E-state index < -0.39 is 0 Å². The van der Waals surface area contributed by atoms with Gasteiger partial charge in [-0.15, -0.1) is 11.3 Å². The third-order valence-electron chi connectivity index (χ3n) is 4.69. The normalized spacial score (nSPS) is 10.6. The van der Waals surface area contributed by atoms with E-state index >= 15 is 0 Å². The summed E-state index contributed by atoms with van der Waals surface area (Å²) < 4.78 is 0. The molecule has 2 amide bonds. The first kappa shape index (κ1) is 21.8. The van der Waals surface area contributed by atoms with Crippen LogP contribution in [0.15, 0.2) is 54.0 Å². The van der Waals surface area contributed by atoms with Gasteiger partial charge in [-0.1, -0.05) is 44.9 Å². The highest BCUT2D eigenvalue weighted by molar-refractivity contribution is 7.14. The van der Waals surface area contributed by atoms with Gasteiger partial charge in [-0.05, 0) is 37.1 Å². The van der Waals surface area contributed by atoms with Gasteiger partial charge in [0.2, 0.25) is 0 Å². The Bertz CT molecular complexity index is 903. The number of amides is 2. The van der Waals surface area contributed by atoms with Gasteiger partial charge in [0.25, 0.3) is 0 Å². The lowest BCUT2D eigenvalue weighted by molar-refractivity contribution is 0.210. The summed E-state index contributed by atoms with van der Waals surface area (Å²) in [5.41, 5.74) is 2.69. The van der Waals surface area contributed by atoms with Crippen LogP contribution in [0.1, 0.15) is 39.5 Å². The second-order valence-corrected chi connectivity index (χ2v) is 7.94. The van der Waals surface area contributed by atoms with Crippen molar-refractivity contribution < 1.29 is 4.79 Å². The van der Waals surface area contributed by atoms with Crippen molar-refractivity contribution in [3.63, 3.8) is 0 Å². The minimum Gasteiger partial charge on any atom is -0.325 e. The first-order valence-corrected chi connectivity index (χ1v) is 11.4. The number of unbranched alkanes of at least 4 members (excludes halogenated alkanes) is 2. The molecule has 3 aromatic rings. The topological polar surface area (TPSA) is 70.2 Å². The van der Waals surface area contributed by atoms with E-state index in [0.717, 1.165) is 66.7 Å². The molecule has 2 aromatic heterocycles. The molecule has 0 spiro atoms. The summed E-state index contributed by atoms with van der Waals surface area (Å²) in [6.45, 7) is 5.88. The first-order chi connectivity index (χ1) is 14.7. The molecule has 0 atom stereocenters. The Morgan fingerprint density at radius 1 is 1.03 bits per heavy atom. The summed E-state index contributed by atoms with van der Waals surface area (Å²) in [6.07, 6.45) is 5.95. The van der Waals surface area contributed by atoms with Crippen molar-refractivity contribution in [2.45, 2.75) is 39.5 Å². The third-order valence-corrected chi connectivity index (χ3v) is 5.44. The molecule has 2 N–H and O–H groups in total. The molecule has 3 rings (SSSR count). The minimum absolute atomic E-state index is 0.0276. The zero-order valence-electron chi connectivity index (χ0n) is 17.6. The van der Waals surface area contributed by atoms with E-state index in [1.54, 1.807) is 6.20 Å². The predicted octanol–water partition coefficient (Wildman–Crippen LogP) is 6.38. The van der Waals surface area contributed by atoms with Crippen LogP contribution < -0.4 is 10.6 Å². The van der Waals surface area contributed by atoms with Crippen LogP contribution in [0.5, 0.6) is 0 Å². The Morgan fingerprint density at radius 3 is 2.40 bits per heavy atom. The van der Waals surface area contributed by atoms with E-state index in [9.17, 15) is 4.79 Å². The molecule has 30 heavy (non-hydrogen) atoms. The van der Waals surface area contributed by atoms with Gasteiger partial charge >= 0.3 is 6.03 Å². The summed E-state index contributed by atoms with van der Waals surface area (Å²) in [7, 11) is 0. The Hall–Kier alpha value is -2.93. The quantitative estimate of drug-likeness (QED) is 0.397. The molecule has 0 radical (unpaired) electrons. The summed E-state index contributed by atoms with van der Waals surface area (Å²) in [6, 6.07) is 13.5. The molecular formula is C23H29N5OS. The summed E-state index contributed by atoms with van der Waals surface area (Å²) >= 11 is 1.53. The Balaban J connectivity index is 1.61. The van der Waals surface area contributed by atoms with Gasteiger partial charge in [0, 0.05) is 35.9 Å². The van der Waals surface area contributed by atoms with Crippen LogP contribution in [0, 0.1) is 0 Å². The number of carbonyl (C=O) groups excluding carboxylic acids is 1. The summed E-state index contributed by atoms with van der Waals surface area (Å²) in [4.78, 5) is 23.5. The molecule has 0 saturated heterocycles. The van der Waals surface area contributed by atoms with Crippen molar-refractivity contribution in [2.24, 2.45) is 0 Å². The average Bonchev–Trinajstić information content (AvgIpc) is 3.23. The molecule has 0 aliphatic carbocycles. The number of pyridine rings is 1. The van der Waals surface area contributed by atoms with Gasteiger partial charge in [0.15, 0.2) is 5.13 Å². The fourth-order valence-corrected chi connectivity index (χ4v) is 3.68. The maximum absolute atomic E-state index is 12.6. The van der Waals surface area contributed by atoms with E-state index in [-0.39, 0.29) is 6.03 Å². The lowest BCUT2D eigenvalue weighted by atomic mass is 10.1. The van der Waals surface area contributed by atoms with Crippen molar-refractivity contribution in [2.75, 3.05) is 23.7 Å². The lowest BCUT2D eigenvalue weighted by Gasteiger charge is -2.22. The summed E-state index contributed by atoms with van der Waals surface area (Å²) in [5.74, 6) is 0.771.